The van der Waals surface area contributed by atoms with Gasteiger partial charge in [-0.05, 0) is 38.4 Å². The first-order chi connectivity index (χ1) is 11.2. The van der Waals surface area contributed by atoms with Crippen molar-refractivity contribution in [3.8, 4) is 0 Å². The smallest absolute Gasteiger partial charge is 0.248 e. The summed E-state index contributed by atoms with van der Waals surface area (Å²) < 4.78 is 5.30. The molecule has 1 aromatic heterocycles. The second-order valence-corrected chi connectivity index (χ2v) is 5.97. The van der Waals surface area contributed by atoms with E-state index >= 15 is 0 Å². The molecule has 130 valence electrons. The Labute approximate surface area is 147 Å². The van der Waals surface area contributed by atoms with Crippen LogP contribution in [0.1, 0.15) is 43.1 Å². The summed E-state index contributed by atoms with van der Waals surface area (Å²) in [4.78, 5) is 16.6. The first kappa shape index (κ1) is 18.4. The summed E-state index contributed by atoms with van der Waals surface area (Å²) >= 11 is 0. The number of piperidine rings is 1. The molecule has 1 aliphatic rings. The first-order valence-corrected chi connectivity index (χ1v) is 8.10. The molecule has 1 aromatic carbocycles. The lowest BCUT2D eigenvalue weighted by atomic mass is 9.97. The summed E-state index contributed by atoms with van der Waals surface area (Å²) in [5.74, 6) is 1.24. The number of amides is 1. The van der Waals surface area contributed by atoms with Gasteiger partial charge in [-0.3, -0.25) is 4.79 Å². The summed E-state index contributed by atoms with van der Waals surface area (Å²) in [5.41, 5.74) is 1.13. The molecule has 3 rings (SSSR count). The highest BCUT2D eigenvalue weighted by Gasteiger charge is 2.24. The van der Waals surface area contributed by atoms with Crippen LogP contribution >= 0.6 is 12.4 Å². The summed E-state index contributed by atoms with van der Waals surface area (Å²) in [7, 11) is 0. The SMILES string of the molecule is CC(NC(=O)C1CCNCC1)c1nc(Cc2ccccc2)no1.Cl. The highest BCUT2D eigenvalue weighted by atomic mass is 35.5. The zero-order valence-corrected chi connectivity index (χ0v) is 14.5. The van der Waals surface area contributed by atoms with Crippen LogP contribution in [0.5, 0.6) is 0 Å². The van der Waals surface area contributed by atoms with Crippen molar-refractivity contribution in [1.29, 1.82) is 0 Å². The minimum Gasteiger partial charge on any atom is -0.344 e. The van der Waals surface area contributed by atoms with Gasteiger partial charge in [-0.15, -0.1) is 12.4 Å². The van der Waals surface area contributed by atoms with Crippen LogP contribution in [-0.4, -0.2) is 29.1 Å². The number of halogens is 1. The largest absolute Gasteiger partial charge is 0.344 e. The maximum Gasteiger partial charge on any atom is 0.248 e. The molecule has 7 heteroatoms. The van der Waals surface area contributed by atoms with E-state index in [-0.39, 0.29) is 30.3 Å². The lowest BCUT2D eigenvalue weighted by Crippen LogP contribution is -2.39. The topological polar surface area (TPSA) is 80.0 Å². The molecular weight excluding hydrogens is 328 g/mol. The van der Waals surface area contributed by atoms with Crippen LogP contribution in [0, 0.1) is 5.92 Å². The van der Waals surface area contributed by atoms with Crippen molar-refractivity contribution in [2.24, 2.45) is 5.92 Å². The molecule has 1 saturated heterocycles. The van der Waals surface area contributed by atoms with Gasteiger partial charge in [0, 0.05) is 12.3 Å². The Bertz CT molecular complexity index is 641. The summed E-state index contributed by atoms with van der Waals surface area (Å²) in [6, 6.07) is 9.73. The number of hydrogen-bond acceptors (Lipinski definition) is 5. The van der Waals surface area contributed by atoms with Gasteiger partial charge in [-0.2, -0.15) is 4.98 Å². The van der Waals surface area contributed by atoms with Gasteiger partial charge < -0.3 is 15.2 Å². The lowest BCUT2D eigenvalue weighted by molar-refractivity contribution is -0.126. The second-order valence-electron chi connectivity index (χ2n) is 5.97. The average Bonchev–Trinajstić information content (AvgIpc) is 3.05. The Balaban J connectivity index is 0.00000208. The van der Waals surface area contributed by atoms with Gasteiger partial charge in [0.2, 0.25) is 11.8 Å². The molecule has 2 heterocycles. The minimum atomic E-state index is -0.269. The van der Waals surface area contributed by atoms with E-state index in [1.165, 1.54) is 0 Å². The highest BCUT2D eigenvalue weighted by molar-refractivity contribution is 5.85. The minimum absolute atomic E-state index is 0. The average molecular weight is 351 g/mol. The Morgan fingerprint density at radius 1 is 1.33 bits per heavy atom. The van der Waals surface area contributed by atoms with E-state index in [1.807, 2.05) is 37.3 Å². The Hall–Kier alpha value is -1.92. The van der Waals surface area contributed by atoms with Crippen molar-refractivity contribution in [1.82, 2.24) is 20.8 Å². The number of nitrogens with zero attached hydrogens (tertiary/aromatic N) is 2. The zero-order valence-electron chi connectivity index (χ0n) is 13.7. The Morgan fingerprint density at radius 3 is 2.75 bits per heavy atom. The predicted molar refractivity (Wildman–Crippen MR) is 92.9 cm³/mol. The molecule has 1 aliphatic heterocycles. The van der Waals surface area contributed by atoms with Gasteiger partial charge in [0.25, 0.3) is 0 Å². The number of carbonyl (C=O) groups excluding carboxylic acids is 1. The van der Waals surface area contributed by atoms with E-state index in [1.54, 1.807) is 0 Å². The van der Waals surface area contributed by atoms with Crippen LogP contribution < -0.4 is 10.6 Å². The third-order valence-electron chi connectivity index (χ3n) is 4.13. The van der Waals surface area contributed by atoms with Gasteiger partial charge in [-0.1, -0.05) is 35.5 Å². The van der Waals surface area contributed by atoms with E-state index in [4.69, 9.17) is 4.52 Å². The summed E-state index contributed by atoms with van der Waals surface area (Å²) in [5, 5.41) is 10.2. The number of hydrogen-bond donors (Lipinski definition) is 2. The molecule has 1 unspecified atom stereocenters. The van der Waals surface area contributed by atoms with E-state index in [0.29, 0.717) is 18.1 Å². The van der Waals surface area contributed by atoms with Gasteiger partial charge >= 0.3 is 0 Å². The van der Waals surface area contributed by atoms with Crippen molar-refractivity contribution in [3.05, 3.63) is 47.6 Å². The van der Waals surface area contributed by atoms with Crippen molar-refractivity contribution in [2.75, 3.05) is 13.1 Å². The zero-order chi connectivity index (χ0) is 16.1. The van der Waals surface area contributed by atoms with Gasteiger partial charge in [0.1, 0.15) is 6.04 Å². The van der Waals surface area contributed by atoms with E-state index in [2.05, 4.69) is 20.8 Å². The van der Waals surface area contributed by atoms with Crippen LogP contribution in [0.15, 0.2) is 34.9 Å². The van der Waals surface area contributed by atoms with E-state index < -0.39 is 0 Å². The third kappa shape index (κ3) is 4.79. The van der Waals surface area contributed by atoms with Gasteiger partial charge in [0.05, 0.1) is 0 Å². The fraction of sp³-hybridized carbons (Fsp3) is 0.471. The van der Waals surface area contributed by atoms with Crippen LogP contribution in [0.3, 0.4) is 0 Å². The van der Waals surface area contributed by atoms with Crippen LogP contribution in [0.4, 0.5) is 0 Å². The first-order valence-electron chi connectivity index (χ1n) is 8.10. The van der Waals surface area contributed by atoms with Crippen molar-refractivity contribution in [3.63, 3.8) is 0 Å². The van der Waals surface area contributed by atoms with Gasteiger partial charge in [0.15, 0.2) is 5.82 Å². The molecule has 0 aliphatic carbocycles. The predicted octanol–water partition coefficient (Wildman–Crippen LogP) is 2.26. The van der Waals surface area contributed by atoms with E-state index in [9.17, 15) is 4.79 Å². The van der Waals surface area contributed by atoms with Crippen LogP contribution in [-0.2, 0) is 11.2 Å². The van der Waals surface area contributed by atoms with Crippen LogP contribution in [0.25, 0.3) is 0 Å². The van der Waals surface area contributed by atoms with Crippen LogP contribution in [0.2, 0.25) is 0 Å². The monoisotopic (exact) mass is 350 g/mol. The molecule has 1 amide bonds. The maximum atomic E-state index is 12.3. The Morgan fingerprint density at radius 2 is 2.04 bits per heavy atom. The summed E-state index contributed by atoms with van der Waals surface area (Å²) in [6.45, 7) is 3.67. The molecule has 1 atom stereocenters. The van der Waals surface area contributed by atoms with Crippen molar-refractivity contribution >= 4 is 18.3 Å². The quantitative estimate of drug-likeness (QED) is 0.864. The third-order valence-corrected chi connectivity index (χ3v) is 4.13. The number of aromatic nitrogens is 2. The van der Waals surface area contributed by atoms with Crippen molar-refractivity contribution in [2.45, 2.75) is 32.2 Å². The molecule has 0 spiro atoms. The molecule has 2 aromatic rings. The summed E-state index contributed by atoms with van der Waals surface area (Å²) in [6.07, 6.45) is 2.38. The highest BCUT2D eigenvalue weighted by Crippen LogP contribution is 2.16. The standard InChI is InChI=1S/C17H22N4O2.ClH/c1-12(19-16(22)14-7-9-18-10-8-14)17-20-15(21-23-17)11-13-5-3-2-4-6-13;/h2-6,12,14,18H,7-11H2,1H3,(H,19,22);1H. The molecule has 24 heavy (non-hydrogen) atoms. The molecule has 1 fully saturated rings. The molecule has 0 saturated carbocycles. The second kappa shape index (κ2) is 8.80. The molecule has 2 N–H and O–H groups in total. The molecular formula is C17H23ClN4O2. The number of rotatable bonds is 5. The maximum absolute atomic E-state index is 12.3. The van der Waals surface area contributed by atoms with Gasteiger partial charge in [-0.25, -0.2) is 0 Å². The fourth-order valence-corrected chi connectivity index (χ4v) is 2.77. The van der Waals surface area contributed by atoms with Crippen molar-refractivity contribution < 1.29 is 9.32 Å². The lowest BCUT2D eigenvalue weighted by Gasteiger charge is -2.22. The fourth-order valence-electron chi connectivity index (χ4n) is 2.77. The molecule has 6 nitrogen and oxygen atoms in total. The van der Waals surface area contributed by atoms with E-state index in [0.717, 1.165) is 31.5 Å². The number of carbonyl (C=O) groups is 1. The molecule has 0 radical (unpaired) electrons. The number of nitrogens with one attached hydrogen (secondary N) is 2. The Kier molecular flexibility index (Phi) is 6.75. The number of benzene rings is 1. The normalized spacial score (nSPS) is 16.2. The molecule has 0 bridgehead atoms.